The van der Waals surface area contributed by atoms with E-state index in [0.29, 0.717) is 26.1 Å². The van der Waals surface area contributed by atoms with E-state index in [1.807, 2.05) is 13.8 Å². The third kappa shape index (κ3) is 6.33. The summed E-state index contributed by atoms with van der Waals surface area (Å²) in [7, 11) is 0. The highest BCUT2D eigenvalue weighted by atomic mass is 16.7. The van der Waals surface area contributed by atoms with Crippen LogP contribution in [0.25, 0.3) is 0 Å². The van der Waals surface area contributed by atoms with Crippen molar-refractivity contribution in [2.45, 2.75) is 65.2 Å². The molecule has 3 N–H and O–H groups in total. The first-order valence-corrected chi connectivity index (χ1v) is 6.47. The molecule has 0 amide bonds. The molecule has 17 heavy (non-hydrogen) atoms. The van der Waals surface area contributed by atoms with Gasteiger partial charge in [-0.3, -0.25) is 0 Å². The second kappa shape index (κ2) is 8.00. The molecule has 5 heteroatoms. The predicted molar refractivity (Wildman–Crippen MR) is 66.1 cm³/mol. The van der Waals surface area contributed by atoms with Crippen LogP contribution in [0.5, 0.6) is 0 Å². The van der Waals surface area contributed by atoms with Crippen molar-refractivity contribution in [3.8, 4) is 0 Å². The zero-order chi connectivity index (χ0) is 13.4. The molecule has 0 fully saturated rings. The van der Waals surface area contributed by atoms with E-state index in [0.717, 1.165) is 12.8 Å². The first-order valence-electron chi connectivity index (χ1n) is 6.47. The maximum Gasteiger partial charge on any atom is 0.228 e. The molecule has 2 unspecified atom stereocenters. The van der Waals surface area contributed by atoms with Crippen LogP contribution in [0.1, 0.15) is 53.4 Å². The molecule has 2 atom stereocenters. The van der Waals surface area contributed by atoms with Crippen molar-refractivity contribution >= 4 is 0 Å². The Labute approximate surface area is 104 Å². The molecule has 0 saturated heterocycles. The van der Waals surface area contributed by atoms with Crippen LogP contribution in [-0.2, 0) is 9.47 Å². The van der Waals surface area contributed by atoms with Crippen molar-refractivity contribution in [3.63, 3.8) is 0 Å². The van der Waals surface area contributed by atoms with E-state index in [2.05, 4.69) is 5.32 Å². The zero-order valence-electron chi connectivity index (χ0n) is 11.5. The average molecular weight is 249 g/mol. The topological polar surface area (TPSA) is 71.0 Å². The van der Waals surface area contributed by atoms with Crippen LogP contribution in [0.3, 0.4) is 0 Å². The Morgan fingerprint density at radius 3 is 1.41 bits per heavy atom. The number of hydrogen-bond donors (Lipinski definition) is 3. The molecule has 0 rings (SSSR count). The van der Waals surface area contributed by atoms with Crippen LogP contribution in [0.2, 0.25) is 0 Å². The van der Waals surface area contributed by atoms with Crippen LogP contribution < -0.4 is 5.32 Å². The van der Waals surface area contributed by atoms with Gasteiger partial charge in [0.15, 0.2) is 0 Å². The SMILES string of the molecule is CCCOC(O)(CC)NC(O)(CC)OCCC. The second-order valence-electron chi connectivity index (χ2n) is 4.10. The second-order valence-corrected chi connectivity index (χ2v) is 4.10. The summed E-state index contributed by atoms with van der Waals surface area (Å²) in [5.41, 5.74) is 0. The van der Waals surface area contributed by atoms with Crippen molar-refractivity contribution in [2.75, 3.05) is 13.2 Å². The predicted octanol–water partition coefficient (Wildman–Crippen LogP) is 1.54. The van der Waals surface area contributed by atoms with Crippen LogP contribution in [0, 0.1) is 0 Å². The molecule has 0 spiro atoms. The fraction of sp³-hybridized carbons (Fsp3) is 1.00. The summed E-state index contributed by atoms with van der Waals surface area (Å²) in [6.07, 6.45) is 2.24. The standard InChI is InChI=1S/C12H27NO4/c1-5-9-16-11(14,7-3)13-12(15,8-4)17-10-6-2/h13-15H,5-10H2,1-4H3. The van der Waals surface area contributed by atoms with Gasteiger partial charge in [0.25, 0.3) is 0 Å². The first-order chi connectivity index (χ1) is 7.95. The minimum Gasteiger partial charge on any atom is -0.353 e. The molecular weight excluding hydrogens is 222 g/mol. The fourth-order valence-electron chi connectivity index (χ4n) is 1.30. The lowest BCUT2D eigenvalue weighted by Gasteiger charge is -2.37. The number of ether oxygens (including phenoxy) is 2. The van der Waals surface area contributed by atoms with Crippen molar-refractivity contribution in [3.05, 3.63) is 0 Å². The van der Waals surface area contributed by atoms with Crippen molar-refractivity contribution in [1.82, 2.24) is 5.32 Å². The molecule has 0 saturated carbocycles. The van der Waals surface area contributed by atoms with Gasteiger partial charge in [-0.05, 0) is 12.8 Å². The number of rotatable bonds is 10. The number of hydrogen-bond acceptors (Lipinski definition) is 5. The van der Waals surface area contributed by atoms with Crippen LogP contribution in [0.4, 0.5) is 0 Å². The van der Waals surface area contributed by atoms with E-state index in [4.69, 9.17) is 9.47 Å². The summed E-state index contributed by atoms with van der Waals surface area (Å²) in [4.78, 5) is 0. The Morgan fingerprint density at radius 2 is 1.18 bits per heavy atom. The summed E-state index contributed by atoms with van der Waals surface area (Å²) in [5, 5.41) is 22.9. The Kier molecular flexibility index (Phi) is 7.91. The summed E-state index contributed by atoms with van der Waals surface area (Å²) >= 11 is 0. The Morgan fingerprint density at radius 1 is 0.824 bits per heavy atom. The highest BCUT2D eigenvalue weighted by Gasteiger charge is 2.37. The maximum absolute atomic E-state index is 10.1. The van der Waals surface area contributed by atoms with Gasteiger partial charge in [0.1, 0.15) is 0 Å². The van der Waals surface area contributed by atoms with Crippen molar-refractivity contribution in [1.29, 1.82) is 0 Å². The molecule has 0 aliphatic heterocycles. The van der Waals surface area contributed by atoms with Gasteiger partial charge >= 0.3 is 0 Å². The van der Waals surface area contributed by atoms with E-state index in [1.54, 1.807) is 13.8 Å². The summed E-state index contributed by atoms with van der Waals surface area (Å²) in [5.74, 6) is -3.09. The molecule has 104 valence electrons. The molecular formula is C12H27NO4. The number of aliphatic hydroxyl groups is 2. The van der Waals surface area contributed by atoms with Crippen LogP contribution >= 0.6 is 0 Å². The lowest BCUT2D eigenvalue weighted by molar-refractivity contribution is -0.318. The van der Waals surface area contributed by atoms with Gasteiger partial charge in [-0.2, -0.15) is 0 Å². The Balaban J connectivity index is 4.47. The first kappa shape index (κ1) is 16.8. The molecule has 5 nitrogen and oxygen atoms in total. The third-order valence-corrected chi connectivity index (χ3v) is 2.44. The zero-order valence-corrected chi connectivity index (χ0v) is 11.5. The number of nitrogens with one attached hydrogen (secondary N) is 1. The van der Waals surface area contributed by atoms with Crippen molar-refractivity contribution in [2.24, 2.45) is 0 Å². The largest absolute Gasteiger partial charge is 0.353 e. The molecule has 0 heterocycles. The van der Waals surface area contributed by atoms with Gasteiger partial charge in [0.05, 0.1) is 13.2 Å². The van der Waals surface area contributed by atoms with Gasteiger partial charge in [-0.15, -0.1) is 0 Å². The van der Waals surface area contributed by atoms with Crippen LogP contribution in [-0.4, -0.2) is 35.2 Å². The molecule has 0 aromatic carbocycles. The van der Waals surface area contributed by atoms with Gasteiger partial charge < -0.3 is 19.7 Å². The summed E-state index contributed by atoms with van der Waals surface area (Å²) in [6.45, 7) is 8.30. The van der Waals surface area contributed by atoms with E-state index in [-0.39, 0.29) is 0 Å². The highest BCUT2D eigenvalue weighted by molar-refractivity contribution is 4.71. The molecule has 0 bridgehead atoms. The molecule has 0 aliphatic carbocycles. The van der Waals surface area contributed by atoms with E-state index in [1.165, 1.54) is 0 Å². The van der Waals surface area contributed by atoms with Crippen molar-refractivity contribution < 1.29 is 19.7 Å². The van der Waals surface area contributed by atoms with Gasteiger partial charge in [0.2, 0.25) is 11.8 Å². The van der Waals surface area contributed by atoms with Gasteiger partial charge in [-0.25, -0.2) is 5.32 Å². The minimum atomic E-state index is -1.55. The van der Waals surface area contributed by atoms with E-state index < -0.39 is 11.8 Å². The average Bonchev–Trinajstić information content (AvgIpc) is 2.34. The monoisotopic (exact) mass is 249 g/mol. The Hall–Kier alpha value is -0.200. The molecule has 0 aromatic rings. The summed E-state index contributed by atoms with van der Waals surface area (Å²) in [6, 6.07) is 0. The molecule has 0 radical (unpaired) electrons. The lowest BCUT2D eigenvalue weighted by Crippen LogP contribution is -2.60. The maximum atomic E-state index is 10.1. The quantitative estimate of drug-likeness (QED) is 0.512. The highest BCUT2D eigenvalue weighted by Crippen LogP contribution is 2.17. The van der Waals surface area contributed by atoms with Crippen LogP contribution in [0.15, 0.2) is 0 Å². The smallest absolute Gasteiger partial charge is 0.228 e. The third-order valence-electron chi connectivity index (χ3n) is 2.44. The van der Waals surface area contributed by atoms with E-state index >= 15 is 0 Å². The van der Waals surface area contributed by atoms with E-state index in [9.17, 15) is 10.2 Å². The normalized spacial score (nSPS) is 18.7. The van der Waals surface area contributed by atoms with Gasteiger partial charge in [0, 0.05) is 12.8 Å². The molecule has 0 aliphatic rings. The fourth-order valence-corrected chi connectivity index (χ4v) is 1.30. The minimum absolute atomic E-state index is 0.324. The van der Waals surface area contributed by atoms with Gasteiger partial charge in [-0.1, -0.05) is 27.7 Å². The Bertz CT molecular complexity index is 183. The molecule has 0 aromatic heterocycles. The summed E-state index contributed by atoms with van der Waals surface area (Å²) < 4.78 is 10.6. The lowest BCUT2D eigenvalue weighted by atomic mass is 10.3.